The van der Waals surface area contributed by atoms with Gasteiger partial charge >= 0.3 is 0 Å². The number of nitrogens with one attached hydrogen (secondary N) is 1. The molecule has 3 aromatic rings. The van der Waals surface area contributed by atoms with E-state index in [-0.39, 0.29) is 5.60 Å². The fourth-order valence-corrected chi connectivity index (χ4v) is 5.66. The maximum absolute atomic E-state index is 6.21. The van der Waals surface area contributed by atoms with E-state index >= 15 is 0 Å². The average molecular weight is 459 g/mol. The molecule has 3 aromatic heterocycles. The van der Waals surface area contributed by atoms with Crippen LogP contribution in [0.15, 0.2) is 5.16 Å². The summed E-state index contributed by atoms with van der Waals surface area (Å²) in [6, 6.07) is 0. The molecule has 0 aliphatic carbocycles. The van der Waals surface area contributed by atoms with E-state index in [1.165, 1.54) is 22.2 Å². The number of rotatable bonds is 7. The van der Waals surface area contributed by atoms with Crippen molar-refractivity contribution in [3.8, 4) is 0 Å². The van der Waals surface area contributed by atoms with Crippen molar-refractivity contribution in [1.29, 1.82) is 0 Å². The van der Waals surface area contributed by atoms with Gasteiger partial charge in [0.1, 0.15) is 10.6 Å². The zero-order valence-corrected chi connectivity index (χ0v) is 21.4. The molecule has 0 saturated heterocycles. The lowest BCUT2D eigenvalue weighted by Gasteiger charge is -2.33. The summed E-state index contributed by atoms with van der Waals surface area (Å²) < 4.78 is 7.33. The van der Waals surface area contributed by atoms with Gasteiger partial charge in [0.2, 0.25) is 0 Å². The summed E-state index contributed by atoms with van der Waals surface area (Å²) in [6.45, 7) is 14.9. The lowest BCUT2D eigenvalue weighted by atomic mass is 9.88. The van der Waals surface area contributed by atoms with Gasteiger partial charge in [-0.15, -0.1) is 11.3 Å². The van der Waals surface area contributed by atoms with Gasteiger partial charge in [0, 0.05) is 29.6 Å². The van der Waals surface area contributed by atoms with E-state index in [0.29, 0.717) is 18.4 Å². The molecule has 4 rings (SSSR count). The Kier molecular flexibility index (Phi) is 6.48. The van der Waals surface area contributed by atoms with Gasteiger partial charge in [-0.2, -0.15) is 0 Å². The first-order chi connectivity index (χ1) is 14.7. The van der Waals surface area contributed by atoms with Crippen molar-refractivity contribution in [2.75, 3.05) is 18.1 Å². The molecule has 4 heterocycles. The van der Waals surface area contributed by atoms with Crippen molar-refractivity contribution in [3.63, 3.8) is 0 Å². The van der Waals surface area contributed by atoms with Gasteiger partial charge in [0.05, 0.1) is 22.4 Å². The Bertz CT molecular complexity index is 1100. The predicted molar refractivity (Wildman–Crippen MR) is 134 cm³/mol. The molecular formula is C24H34N4OS2. The van der Waals surface area contributed by atoms with Gasteiger partial charge < -0.3 is 10.1 Å². The zero-order valence-electron chi connectivity index (χ0n) is 19.8. The van der Waals surface area contributed by atoms with Gasteiger partial charge in [-0.05, 0) is 50.3 Å². The van der Waals surface area contributed by atoms with Crippen molar-refractivity contribution in [3.05, 3.63) is 16.8 Å². The van der Waals surface area contributed by atoms with E-state index in [4.69, 9.17) is 19.7 Å². The molecule has 31 heavy (non-hydrogen) atoms. The lowest BCUT2D eigenvalue weighted by Crippen LogP contribution is -2.33. The molecule has 1 aliphatic heterocycles. The quantitative estimate of drug-likeness (QED) is 0.323. The smallest absolute Gasteiger partial charge is 0.189 e. The number of anilines is 1. The number of aromatic nitrogens is 3. The number of hydrogen-bond donors (Lipinski definition) is 1. The Morgan fingerprint density at radius 1 is 1.10 bits per heavy atom. The third-order valence-electron chi connectivity index (χ3n) is 5.75. The van der Waals surface area contributed by atoms with Crippen LogP contribution in [0, 0.1) is 11.8 Å². The molecule has 168 valence electrons. The van der Waals surface area contributed by atoms with Gasteiger partial charge in [-0.25, -0.2) is 15.0 Å². The van der Waals surface area contributed by atoms with Crippen LogP contribution in [0.3, 0.4) is 0 Å². The summed E-state index contributed by atoms with van der Waals surface area (Å²) in [7, 11) is 0. The number of hydrogen-bond acceptors (Lipinski definition) is 7. The Hall–Kier alpha value is -1.44. The van der Waals surface area contributed by atoms with Crippen molar-refractivity contribution in [1.82, 2.24) is 15.0 Å². The summed E-state index contributed by atoms with van der Waals surface area (Å²) >= 11 is 3.33. The highest BCUT2D eigenvalue weighted by molar-refractivity contribution is 7.98. The van der Waals surface area contributed by atoms with Crippen LogP contribution in [0.1, 0.15) is 64.8 Å². The molecule has 0 spiro atoms. The average Bonchev–Trinajstić information content (AvgIpc) is 3.04. The largest absolute Gasteiger partial charge is 0.370 e. The van der Waals surface area contributed by atoms with Crippen LogP contribution in [0.25, 0.3) is 20.4 Å². The van der Waals surface area contributed by atoms with E-state index in [1.54, 1.807) is 23.1 Å². The molecule has 0 bridgehead atoms. The fraction of sp³-hybridized carbons (Fsp3) is 0.625. The van der Waals surface area contributed by atoms with Crippen molar-refractivity contribution < 1.29 is 4.74 Å². The molecule has 0 saturated carbocycles. The maximum Gasteiger partial charge on any atom is 0.189 e. The van der Waals surface area contributed by atoms with Crippen LogP contribution in [-0.4, -0.2) is 33.4 Å². The Morgan fingerprint density at radius 3 is 2.55 bits per heavy atom. The molecule has 0 atom stereocenters. The monoisotopic (exact) mass is 458 g/mol. The first kappa shape index (κ1) is 22.7. The predicted octanol–water partition coefficient (Wildman–Crippen LogP) is 6.47. The number of ether oxygens (including phenoxy) is 1. The van der Waals surface area contributed by atoms with E-state index in [9.17, 15) is 0 Å². The Labute approximate surface area is 193 Å². The van der Waals surface area contributed by atoms with Crippen molar-refractivity contribution in [2.45, 2.75) is 78.2 Å². The molecule has 7 heteroatoms. The Morgan fingerprint density at radius 2 is 1.87 bits per heavy atom. The lowest BCUT2D eigenvalue weighted by molar-refractivity contribution is -0.0402. The normalized spacial score (nSPS) is 15.9. The second-order valence-corrected chi connectivity index (χ2v) is 11.7. The third-order valence-corrected chi connectivity index (χ3v) is 7.38. The maximum atomic E-state index is 6.21. The van der Waals surface area contributed by atoms with E-state index < -0.39 is 0 Å². The van der Waals surface area contributed by atoms with Gasteiger partial charge in [0.25, 0.3) is 0 Å². The van der Waals surface area contributed by atoms with Crippen LogP contribution in [0.2, 0.25) is 0 Å². The van der Waals surface area contributed by atoms with Crippen LogP contribution < -0.4 is 5.32 Å². The molecule has 1 aliphatic rings. The molecule has 0 amide bonds. The molecular weight excluding hydrogens is 424 g/mol. The van der Waals surface area contributed by atoms with Crippen LogP contribution in [0.5, 0.6) is 0 Å². The second-order valence-electron chi connectivity index (χ2n) is 9.97. The number of fused-ring (bicyclic) bond motifs is 5. The summed E-state index contributed by atoms with van der Waals surface area (Å²) in [5.41, 5.74) is 4.70. The number of pyridine rings is 1. The molecule has 0 unspecified atom stereocenters. The summed E-state index contributed by atoms with van der Waals surface area (Å²) in [5.74, 6) is 2.15. The minimum absolute atomic E-state index is 0.182. The zero-order chi connectivity index (χ0) is 22.3. The third kappa shape index (κ3) is 4.69. The molecule has 0 aromatic carbocycles. The van der Waals surface area contributed by atoms with Crippen molar-refractivity contribution >= 4 is 49.3 Å². The van der Waals surface area contributed by atoms with Crippen molar-refractivity contribution in [2.24, 2.45) is 11.8 Å². The minimum atomic E-state index is -0.182. The SMILES string of the molecule is CSc1nc(NCCC(C)C)c2sc3nc(CC(C)C)c4c(c3c2n1)CC(C)(C)OC4. The van der Waals surface area contributed by atoms with Crippen LogP contribution >= 0.6 is 23.1 Å². The van der Waals surface area contributed by atoms with Gasteiger partial charge in [-0.3, -0.25) is 0 Å². The van der Waals surface area contributed by atoms with Crippen LogP contribution in [0.4, 0.5) is 5.82 Å². The summed E-state index contributed by atoms with van der Waals surface area (Å²) in [5, 5.41) is 5.61. The number of thioether (sulfide) groups is 1. The summed E-state index contributed by atoms with van der Waals surface area (Å²) in [4.78, 5) is 16.0. The number of nitrogens with zero attached hydrogens (tertiary/aromatic N) is 3. The van der Waals surface area contributed by atoms with Gasteiger partial charge in [0.15, 0.2) is 5.16 Å². The van der Waals surface area contributed by atoms with Gasteiger partial charge in [-0.1, -0.05) is 39.5 Å². The molecule has 0 fully saturated rings. The summed E-state index contributed by atoms with van der Waals surface area (Å²) in [6.07, 6.45) is 5.01. The van der Waals surface area contributed by atoms with E-state index in [2.05, 4.69) is 46.9 Å². The highest BCUT2D eigenvalue weighted by Crippen LogP contribution is 2.43. The molecule has 5 nitrogen and oxygen atoms in total. The standard InChI is InChI=1S/C24H34N4OS2/c1-13(2)8-9-25-21-20-19(27-23(28-21)30-7)18-15-11-24(5,6)29-12-16(15)17(10-14(3)4)26-22(18)31-20/h13-14H,8-12H2,1-7H3,(H,25,27,28). The highest BCUT2D eigenvalue weighted by Gasteiger charge is 2.32. The molecule has 1 N–H and O–H groups in total. The number of thiophene rings is 1. The topological polar surface area (TPSA) is 59.9 Å². The first-order valence-electron chi connectivity index (χ1n) is 11.2. The minimum Gasteiger partial charge on any atom is -0.370 e. The van der Waals surface area contributed by atoms with E-state index in [1.807, 2.05) is 6.26 Å². The van der Waals surface area contributed by atoms with Crippen LogP contribution in [-0.2, 0) is 24.2 Å². The second kappa shape index (κ2) is 8.83. The fourth-order valence-electron chi connectivity index (χ4n) is 4.17. The first-order valence-corrected chi connectivity index (χ1v) is 13.3. The van der Waals surface area contributed by atoms with E-state index in [0.717, 1.165) is 51.8 Å². The highest BCUT2D eigenvalue weighted by atomic mass is 32.2. The molecule has 0 radical (unpaired) electrons. The Balaban J connectivity index is 1.95.